The summed E-state index contributed by atoms with van der Waals surface area (Å²) in [6.07, 6.45) is -0.0980. The van der Waals surface area contributed by atoms with Gasteiger partial charge in [-0.05, 0) is 12.1 Å². The number of aromatic nitrogens is 3. The highest BCUT2D eigenvalue weighted by Crippen LogP contribution is 2.15. The molecule has 0 bridgehead atoms. The minimum absolute atomic E-state index is 0.00764. The average molecular weight is 225 g/mol. The maximum absolute atomic E-state index is 13.3. The molecule has 84 valence electrons. The topological polar surface area (TPSA) is 82.8 Å². The Bertz CT molecular complexity index is 502. The molecule has 0 amide bonds. The minimum Gasteiger partial charge on any atom is -0.366 e. The van der Waals surface area contributed by atoms with Gasteiger partial charge in [0, 0.05) is 12.0 Å². The van der Waals surface area contributed by atoms with E-state index in [-0.39, 0.29) is 23.8 Å². The van der Waals surface area contributed by atoms with Crippen molar-refractivity contribution in [2.24, 2.45) is 0 Å². The number of benzene rings is 1. The largest absolute Gasteiger partial charge is 0.366 e. The molecule has 2 aromatic rings. The summed E-state index contributed by atoms with van der Waals surface area (Å²) in [7, 11) is 0. The Morgan fingerprint density at radius 1 is 1.19 bits per heavy atom. The zero-order valence-corrected chi connectivity index (χ0v) is 8.19. The first-order valence-electron chi connectivity index (χ1n) is 4.47. The van der Waals surface area contributed by atoms with Crippen molar-refractivity contribution in [1.29, 1.82) is 0 Å². The van der Waals surface area contributed by atoms with Crippen LogP contribution < -0.4 is 11.6 Å². The highest BCUT2D eigenvalue weighted by atomic mass is 19.1. The van der Waals surface area contributed by atoms with Gasteiger partial charge in [0.05, 0.1) is 0 Å². The molecule has 0 aliphatic carbocycles. The standard InChI is InChI=1S/C9H9F2N5/c10-6-2-1-3-7(11)5(6)4-8-14-15-9(12)16(8)13/h1-3H,4,13H2,(H2,12,15). The van der Waals surface area contributed by atoms with Gasteiger partial charge in [-0.1, -0.05) is 6.07 Å². The molecule has 1 heterocycles. The zero-order valence-electron chi connectivity index (χ0n) is 8.19. The Morgan fingerprint density at radius 2 is 1.81 bits per heavy atom. The summed E-state index contributed by atoms with van der Waals surface area (Å²) >= 11 is 0. The number of nitrogen functional groups attached to an aromatic ring is 2. The third-order valence-electron chi connectivity index (χ3n) is 2.19. The van der Waals surface area contributed by atoms with Crippen LogP contribution in [0.1, 0.15) is 11.4 Å². The first-order chi connectivity index (χ1) is 7.59. The van der Waals surface area contributed by atoms with Gasteiger partial charge in [-0.2, -0.15) is 0 Å². The molecule has 0 spiro atoms. The van der Waals surface area contributed by atoms with Crippen LogP contribution in [0.4, 0.5) is 14.7 Å². The highest BCUT2D eigenvalue weighted by Gasteiger charge is 2.13. The first-order valence-corrected chi connectivity index (χ1v) is 4.47. The lowest BCUT2D eigenvalue weighted by Crippen LogP contribution is -2.16. The van der Waals surface area contributed by atoms with Gasteiger partial charge in [-0.3, -0.25) is 0 Å². The third kappa shape index (κ3) is 1.67. The summed E-state index contributed by atoms with van der Waals surface area (Å²) < 4.78 is 27.6. The van der Waals surface area contributed by atoms with E-state index in [0.29, 0.717) is 0 Å². The van der Waals surface area contributed by atoms with E-state index in [9.17, 15) is 8.78 Å². The summed E-state index contributed by atoms with van der Waals surface area (Å²) in [6.45, 7) is 0. The van der Waals surface area contributed by atoms with E-state index in [1.54, 1.807) is 0 Å². The molecule has 1 aromatic carbocycles. The molecular weight excluding hydrogens is 216 g/mol. The van der Waals surface area contributed by atoms with Crippen molar-refractivity contribution in [3.05, 3.63) is 41.2 Å². The van der Waals surface area contributed by atoms with E-state index in [2.05, 4.69) is 10.2 Å². The number of rotatable bonds is 2. The summed E-state index contributed by atoms with van der Waals surface area (Å²) in [6, 6.07) is 3.62. The number of anilines is 1. The smallest absolute Gasteiger partial charge is 0.240 e. The molecule has 0 saturated carbocycles. The predicted molar refractivity (Wildman–Crippen MR) is 53.7 cm³/mol. The minimum atomic E-state index is -0.651. The molecule has 4 N–H and O–H groups in total. The Labute approximate surface area is 89.7 Å². The number of hydrogen-bond acceptors (Lipinski definition) is 4. The molecule has 0 saturated heterocycles. The molecule has 1 aromatic heterocycles. The monoisotopic (exact) mass is 225 g/mol. The fraction of sp³-hybridized carbons (Fsp3) is 0.111. The van der Waals surface area contributed by atoms with Gasteiger partial charge < -0.3 is 11.6 Å². The lowest BCUT2D eigenvalue weighted by molar-refractivity contribution is 0.558. The van der Waals surface area contributed by atoms with Crippen molar-refractivity contribution in [1.82, 2.24) is 14.9 Å². The van der Waals surface area contributed by atoms with Gasteiger partial charge in [-0.15, -0.1) is 10.2 Å². The highest BCUT2D eigenvalue weighted by molar-refractivity contribution is 5.26. The number of hydrogen-bond donors (Lipinski definition) is 2. The van der Waals surface area contributed by atoms with Crippen LogP contribution in [0, 0.1) is 11.6 Å². The zero-order chi connectivity index (χ0) is 11.7. The maximum atomic E-state index is 13.3. The molecule has 0 radical (unpaired) electrons. The molecule has 16 heavy (non-hydrogen) atoms. The molecule has 7 heteroatoms. The van der Waals surface area contributed by atoms with E-state index in [0.717, 1.165) is 4.68 Å². The molecule has 0 unspecified atom stereocenters. The molecule has 2 rings (SSSR count). The van der Waals surface area contributed by atoms with E-state index < -0.39 is 11.6 Å². The second kappa shape index (κ2) is 3.76. The van der Waals surface area contributed by atoms with Crippen molar-refractivity contribution >= 4 is 5.95 Å². The quantitative estimate of drug-likeness (QED) is 0.726. The molecule has 0 aliphatic heterocycles. The Kier molecular flexibility index (Phi) is 2.43. The number of nitrogens with two attached hydrogens (primary N) is 2. The Morgan fingerprint density at radius 3 is 2.31 bits per heavy atom. The lowest BCUT2D eigenvalue weighted by Gasteiger charge is -2.04. The second-order valence-electron chi connectivity index (χ2n) is 3.22. The third-order valence-corrected chi connectivity index (χ3v) is 2.19. The van der Waals surface area contributed by atoms with Crippen LogP contribution in [-0.2, 0) is 6.42 Å². The molecule has 0 atom stereocenters. The van der Waals surface area contributed by atoms with Crippen LogP contribution in [0.3, 0.4) is 0 Å². The van der Waals surface area contributed by atoms with Gasteiger partial charge >= 0.3 is 0 Å². The van der Waals surface area contributed by atoms with Crippen molar-refractivity contribution in [3.63, 3.8) is 0 Å². The fourth-order valence-corrected chi connectivity index (χ4v) is 1.32. The second-order valence-corrected chi connectivity index (χ2v) is 3.22. The molecule has 5 nitrogen and oxygen atoms in total. The first kappa shape index (κ1) is 10.3. The Hall–Kier alpha value is -2.18. The van der Waals surface area contributed by atoms with Crippen LogP contribution in [-0.4, -0.2) is 14.9 Å². The van der Waals surface area contributed by atoms with Crippen molar-refractivity contribution in [2.75, 3.05) is 11.6 Å². The summed E-state index contributed by atoms with van der Waals surface area (Å²) in [4.78, 5) is 0. The van der Waals surface area contributed by atoms with Crippen LogP contribution in [0.5, 0.6) is 0 Å². The van der Waals surface area contributed by atoms with Crippen LogP contribution in [0.15, 0.2) is 18.2 Å². The summed E-state index contributed by atoms with van der Waals surface area (Å²) in [5.41, 5.74) is 5.24. The van der Waals surface area contributed by atoms with E-state index >= 15 is 0 Å². The van der Waals surface area contributed by atoms with Crippen molar-refractivity contribution in [3.8, 4) is 0 Å². The average Bonchev–Trinajstić information content (AvgIpc) is 2.55. The molecule has 0 fully saturated rings. The van der Waals surface area contributed by atoms with E-state index in [1.165, 1.54) is 18.2 Å². The SMILES string of the molecule is Nc1nnc(Cc2c(F)cccc2F)n1N. The fourth-order valence-electron chi connectivity index (χ4n) is 1.32. The number of nitrogens with zero attached hydrogens (tertiary/aromatic N) is 3. The van der Waals surface area contributed by atoms with Gasteiger partial charge in [-0.25, -0.2) is 13.5 Å². The molecular formula is C9H9F2N5. The number of halogens is 2. The van der Waals surface area contributed by atoms with Gasteiger partial charge in [0.1, 0.15) is 11.6 Å². The van der Waals surface area contributed by atoms with E-state index in [1.807, 2.05) is 0 Å². The van der Waals surface area contributed by atoms with Crippen molar-refractivity contribution in [2.45, 2.75) is 6.42 Å². The Balaban J connectivity index is 2.38. The van der Waals surface area contributed by atoms with Crippen LogP contribution in [0.2, 0.25) is 0 Å². The normalized spacial score (nSPS) is 10.6. The van der Waals surface area contributed by atoms with Crippen LogP contribution >= 0.6 is 0 Å². The summed E-state index contributed by atoms with van der Waals surface area (Å²) in [5.74, 6) is 4.36. The molecule has 0 aliphatic rings. The van der Waals surface area contributed by atoms with Gasteiger partial charge in [0.15, 0.2) is 5.82 Å². The van der Waals surface area contributed by atoms with Crippen molar-refractivity contribution < 1.29 is 8.78 Å². The van der Waals surface area contributed by atoms with Gasteiger partial charge in [0.2, 0.25) is 5.95 Å². The lowest BCUT2D eigenvalue weighted by atomic mass is 10.1. The van der Waals surface area contributed by atoms with Crippen LogP contribution in [0.25, 0.3) is 0 Å². The summed E-state index contributed by atoms with van der Waals surface area (Å²) in [5, 5.41) is 7.11. The van der Waals surface area contributed by atoms with E-state index in [4.69, 9.17) is 11.6 Å². The van der Waals surface area contributed by atoms with Gasteiger partial charge in [0.25, 0.3) is 0 Å². The maximum Gasteiger partial charge on any atom is 0.240 e. The predicted octanol–water partition coefficient (Wildman–Crippen LogP) is 0.443.